The summed E-state index contributed by atoms with van der Waals surface area (Å²) in [7, 11) is -2.16. The summed E-state index contributed by atoms with van der Waals surface area (Å²) < 4.78 is 46.4. The Balaban J connectivity index is 1.05. The maximum Gasteiger partial charge on any atom is 0.305 e. The molecular formula is C39H49FN4O5S. The van der Waals surface area contributed by atoms with Gasteiger partial charge in [-0.05, 0) is 100 Å². The second-order valence-corrected chi connectivity index (χ2v) is 16.9. The minimum Gasteiger partial charge on any atom is -0.469 e. The lowest BCUT2D eigenvalue weighted by Gasteiger charge is -2.46. The molecule has 0 aromatic heterocycles. The summed E-state index contributed by atoms with van der Waals surface area (Å²) >= 11 is 0. The number of hydrogen-bond donors (Lipinski definition) is 0. The summed E-state index contributed by atoms with van der Waals surface area (Å²) in [6.07, 6.45) is 7.08. The summed E-state index contributed by atoms with van der Waals surface area (Å²) in [5.41, 5.74) is 0.862. The highest BCUT2D eigenvalue weighted by molar-refractivity contribution is 7.92. The van der Waals surface area contributed by atoms with Crippen LogP contribution in [0.25, 0.3) is 4.85 Å². The number of methoxy groups -OCH3 is 1. The van der Waals surface area contributed by atoms with E-state index in [0.29, 0.717) is 36.6 Å². The number of sulfone groups is 1. The van der Waals surface area contributed by atoms with Crippen LogP contribution in [0, 0.1) is 36.1 Å². The lowest BCUT2D eigenvalue weighted by molar-refractivity contribution is -0.142. The molecule has 3 saturated heterocycles. The smallest absolute Gasteiger partial charge is 0.305 e. The van der Waals surface area contributed by atoms with Gasteiger partial charge < -0.3 is 24.3 Å². The van der Waals surface area contributed by atoms with Crippen LogP contribution in [0.2, 0.25) is 0 Å². The van der Waals surface area contributed by atoms with Gasteiger partial charge in [0.15, 0.2) is 9.84 Å². The fraction of sp³-hybridized carbons (Fsp3) is 0.564. The van der Waals surface area contributed by atoms with Crippen LogP contribution in [-0.2, 0) is 29.7 Å². The number of likely N-dealkylation sites (tertiary alicyclic amines) is 2. The summed E-state index contributed by atoms with van der Waals surface area (Å²) in [6, 6.07) is 13.7. The van der Waals surface area contributed by atoms with Crippen LogP contribution < -0.4 is 4.90 Å². The van der Waals surface area contributed by atoms with Crippen molar-refractivity contribution in [2.75, 3.05) is 57.8 Å². The third kappa shape index (κ3) is 7.20. The van der Waals surface area contributed by atoms with Gasteiger partial charge in [0.2, 0.25) is 5.91 Å². The summed E-state index contributed by atoms with van der Waals surface area (Å²) in [6.45, 7) is 17.3. The van der Waals surface area contributed by atoms with Crippen molar-refractivity contribution in [2.45, 2.75) is 67.1 Å². The molecular weight excluding hydrogens is 656 g/mol. The molecule has 11 heteroatoms. The number of rotatable bonds is 11. The van der Waals surface area contributed by atoms with Gasteiger partial charge in [0.1, 0.15) is 5.82 Å². The lowest BCUT2D eigenvalue weighted by Crippen LogP contribution is -2.53. The van der Waals surface area contributed by atoms with E-state index in [-0.39, 0.29) is 42.0 Å². The molecule has 268 valence electrons. The largest absolute Gasteiger partial charge is 0.469 e. The number of carbonyl (C=O) groups is 2. The lowest BCUT2D eigenvalue weighted by atomic mass is 9.63. The van der Waals surface area contributed by atoms with Gasteiger partial charge in [-0.3, -0.25) is 9.59 Å². The van der Waals surface area contributed by atoms with Gasteiger partial charge in [-0.25, -0.2) is 19.4 Å². The second kappa shape index (κ2) is 15.2. The van der Waals surface area contributed by atoms with Gasteiger partial charge in [-0.15, -0.1) is 0 Å². The topological polar surface area (TPSA) is 91.6 Å². The number of nitrogens with zero attached hydrogens (tertiary/aromatic N) is 4. The highest BCUT2D eigenvalue weighted by Crippen LogP contribution is 2.54. The predicted molar refractivity (Wildman–Crippen MR) is 190 cm³/mol. The van der Waals surface area contributed by atoms with Gasteiger partial charge in [0, 0.05) is 68.1 Å². The Kier molecular flexibility index (Phi) is 11.0. The Morgan fingerprint density at radius 3 is 2.42 bits per heavy atom. The van der Waals surface area contributed by atoms with Crippen molar-refractivity contribution in [1.29, 1.82) is 0 Å². The molecule has 4 atom stereocenters. The summed E-state index contributed by atoms with van der Waals surface area (Å²) in [5.74, 6) is -0.256. The van der Waals surface area contributed by atoms with Crippen molar-refractivity contribution >= 4 is 27.4 Å². The van der Waals surface area contributed by atoms with Gasteiger partial charge in [-0.1, -0.05) is 25.1 Å². The summed E-state index contributed by atoms with van der Waals surface area (Å²) in [4.78, 5) is 35.4. The van der Waals surface area contributed by atoms with Crippen molar-refractivity contribution in [3.05, 3.63) is 84.0 Å². The van der Waals surface area contributed by atoms with Crippen LogP contribution in [0.15, 0.2) is 66.1 Å². The van der Waals surface area contributed by atoms with Crippen molar-refractivity contribution < 1.29 is 27.1 Å². The molecule has 4 aliphatic rings. The number of esters is 1. The van der Waals surface area contributed by atoms with E-state index in [9.17, 15) is 22.4 Å². The first-order chi connectivity index (χ1) is 24.1. The van der Waals surface area contributed by atoms with E-state index in [4.69, 9.17) is 11.3 Å². The van der Waals surface area contributed by atoms with Gasteiger partial charge in [0.05, 0.1) is 17.3 Å². The molecule has 2 aromatic carbocycles. The Bertz CT molecular complexity index is 1700. The number of benzene rings is 2. The Hall–Kier alpha value is -3.75. The average molecular weight is 705 g/mol. The second-order valence-electron chi connectivity index (χ2n) is 14.7. The fourth-order valence-corrected chi connectivity index (χ4v) is 11.0. The first-order valence-electron chi connectivity index (χ1n) is 18.0. The van der Waals surface area contributed by atoms with Crippen LogP contribution in [0.4, 0.5) is 10.1 Å². The van der Waals surface area contributed by atoms with E-state index in [1.54, 1.807) is 29.2 Å². The summed E-state index contributed by atoms with van der Waals surface area (Å²) in [5, 5.41) is -0.614. The van der Waals surface area contributed by atoms with Crippen molar-refractivity contribution in [3.8, 4) is 0 Å². The maximum absolute atomic E-state index is 14.6. The maximum atomic E-state index is 14.6. The third-order valence-electron chi connectivity index (χ3n) is 11.9. The molecule has 1 unspecified atom stereocenters. The minimum absolute atomic E-state index is 0.0298. The molecule has 1 aliphatic carbocycles. The average Bonchev–Trinajstić information content (AvgIpc) is 3.58. The van der Waals surface area contributed by atoms with E-state index < -0.39 is 20.6 Å². The quantitative estimate of drug-likeness (QED) is 0.168. The Labute approximate surface area is 296 Å². The zero-order valence-electron chi connectivity index (χ0n) is 29.0. The molecule has 0 spiro atoms. The first-order valence-corrected chi connectivity index (χ1v) is 19.6. The van der Waals surface area contributed by atoms with E-state index in [1.165, 1.54) is 19.3 Å². The van der Waals surface area contributed by atoms with Crippen molar-refractivity contribution in [1.82, 2.24) is 9.80 Å². The molecule has 50 heavy (non-hydrogen) atoms. The number of amides is 1. The van der Waals surface area contributed by atoms with Crippen LogP contribution >= 0.6 is 0 Å². The van der Waals surface area contributed by atoms with E-state index in [1.807, 2.05) is 18.2 Å². The highest BCUT2D eigenvalue weighted by Gasteiger charge is 2.58. The fourth-order valence-electron chi connectivity index (χ4n) is 9.26. The SMILES string of the molecule is [C-]#[N+][C@@](c1cccc(F)c1)(C1CCN(CC2CN(c3ccc(S(=O)(=O)C4CCCN(C(=O)C=C)C4)cc3)C2)CC1)[C@H]1CCC[C@@H]1CC(=O)OC. The molecule has 2 aromatic rings. The first kappa shape index (κ1) is 36.1. The molecule has 0 N–H and O–H groups in total. The molecule has 6 rings (SSSR count). The molecule has 1 amide bonds. The molecule has 9 nitrogen and oxygen atoms in total. The van der Waals surface area contributed by atoms with Crippen LogP contribution in [0.5, 0.6) is 0 Å². The minimum atomic E-state index is -3.56. The molecule has 0 radical (unpaired) electrons. The molecule has 3 aliphatic heterocycles. The number of hydrogen-bond acceptors (Lipinski definition) is 7. The number of anilines is 1. The monoisotopic (exact) mass is 704 g/mol. The van der Waals surface area contributed by atoms with Crippen LogP contribution in [-0.4, -0.2) is 88.3 Å². The number of ether oxygens (including phenoxy) is 1. The molecule has 1 saturated carbocycles. The molecule has 0 bridgehead atoms. The van der Waals surface area contributed by atoms with Gasteiger partial charge in [0.25, 0.3) is 5.54 Å². The number of carbonyl (C=O) groups excluding carboxylic acids is 2. The van der Waals surface area contributed by atoms with E-state index in [2.05, 4.69) is 21.2 Å². The standard InChI is InChI=1S/C39H49FN4O5S/c1-4-37(45)43-19-7-11-35(27-43)50(47,48)34-15-13-33(14-16-34)44-25-28(26-44)24-42-20-17-30(18-21-42)39(41-2,31-9-6-10-32(40)23-31)36-12-5-8-29(36)22-38(46)49-3/h4,6,9-10,13-16,23,28-30,35-36H,1,5,7-8,11-12,17-22,24-27H2,3H3/t29-,35?,36+,39-/m1/s1. The zero-order valence-corrected chi connectivity index (χ0v) is 29.8. The predicted octanol–water partition coefficient (Wildman–Crippen LogP) is 5.72. The van der Waals surface area contributed by atoms with Crippen molar-refractivity contribution in [3.63, 3.8) is 0 Å². The molecule has 3 heterocycles. The van der Waals surface area contributed by atoms with E-state index >= 15 is 0 Å². The Morgan fingerprint density at radius 2 is 1.76 bits per heavy atom. The third-order valence-corrected chi connectivity index (χ3v) is 14.1. The number of halogens is 1. The van der Waals surface area contributed by atoms with Crippen molar-refractivity contribution in [2.24, 2.45) is 23.7 Å². The zero-order chi connectivity index (χ0) is 35.5. The van der Waals surface area contributed by atoms with E-state index in [0.717, 1.165) is 76.1 Å². The van der Waals surface area contributed by atoms with Crippen LogP contribution in [0.1, 0.15) is 56.9 Å². The normalized spacial score (nSPS) is 24.9. The Morgan fingerprint density at radius 1 is 1.02 bits per heavy atom. The van der Waals surface area contributed by atoms with Gasteiger partial charge in [-0.2, -0.15) is 0 Å². The van der Waals surface area contributed by atoms with Gasteiger partial charge >= 0.3 is 5.97 Å². The molecule has 4 fully saturated rings. The van der Waals surface area contributed by atoms with Crippen LogP contribution in [0.3, 0.4) is 0 Å². The highest BCUT2D eigenvalue weighted by atomic mass is 32.2. The number of piperidine rings is 2.